The molecular weight excluding hydrogens is 312 g/mol. The molecule has 2 saturated carbocycles. The van der Waals surface area contributed by atoms with E-state index in [1.165, 1.54) is 17.5 Å². The number of phenols is 1. The number of rotatable bonds is 3. The molecule has 0 aromatic heterocycles. The highest BCUT2D eigenvalue weighted by molar-refractivity contribution is 5.40. The summed E-state index contributed by atoms with van der Waals surface area (Å²) in [6, 6.07) is 5.92. The van der Waals surface area contributed by atoms with E-state index in [1.54, 1.807) is 0 Å². The molecule has 1 unspecified atom stereocenters. The van der Waals surface area contributed by atoms with Gasteiger partial charge < -0.3 is 15.3 Å². The minimum Gasteiger partial charge on any atom is -0.508 e. The van der Waals surface area contributed by atoms with Crippen molar-refractivity contribution in [2.24, 2.45) is 17.3 Å². The van der Waals surface area contributed by atoms with Gasteiger partial charge in [0.1, 0.15) is 5.75 Å². The van der Waals surface area contributed by atoms with Crippen LogP contribution in [0.15, 0.2) is 18.2 Å². The number of fused-ring (bicyclic) bond motifs is 5. The van der Waals surface area contributed by atoms with Crippen LogP contribution in [0.5, 0.6) is 5.75 Å². The van der Waals surface area contributed by atoms with Crippen LogP contribution < -0.4 is 0 Å². The molecule has 3 heteroatoms. The Morgan fingerprint density at radius 2 is 2.00 bits per heavy atom. The fourth-order valence-corrected chi connectivity index (χ4v) is 6.54. The van der Waals surface area contributed by atoms with Crippen molar-refractivity contribution >= 4 is 0 Å². The lowest BCUT2D eigenvalue weighted by atomic mass is 9.53. The molecule has 3 N–H and O–H groups in total. The van der Waals surface area contributed by atoms with E-state index in [-0.39, 0.29) is 11.5 Å². The highest BCUT2D eigenvalue weighted by Crippen LogP contribution is 2.65. The first-order valence-corrected chi connectivity index (χ1v) is 10.1. The quantitative estimate of drug-likeness (QED) is 0.772. The third kappa shape index (κ3) is 2.62. The van der Waals surface area contributed by atoms with Crippen molar-refractivity contribution in [2.45, 2.75) is 82.8 Å². The van der Waals surface area contributed by atoms with E-state index in [9.17, 15) is 15.3 Å². The monoisotopic (exact) mass is 344 g/mol. The maximum absolute atomic E-state index is 11.5. The van der Waals surface area contributed by atoms with Gasteiger partial charge in [-0.1, -0.05) is 13.0 Å². The second-order valence-corrected chi connectivity index (χ2v) is 9.21. The van der Waals surface area contributed by atoms with E-state index in [0.717, 1.165) is 38.5 Å². The first kappa shape index (κ1) is 17.4. The number of aliphatic hydroxyl groups is 2. The Morgan fingerprint density at radius 3 is 2.76 bits per heavy atom. The summed E-state index contributed by atoms with van der Waals surface area (Å²) >= 11 is 0. The summed E-state index contributed by atoms with van der Waals surface area (Å²) in [5.74, 6) is 2.19. The zero-order chi connectivity index (χ0) is 17.8. The van der Waals surface area contributed by atoms with E-state index in [1.807, 2.05) is 19.1 Å². The minimum absolute atomic E-state index is 0.0164. The molecule has 25 heavy (non-hydrogen) atoms. The Labute approximate surface area is 151 Å². The van der Waals surface area contributed by atoms with Gasteiger partial charge >= 0.3 is 0 Å². The molecule has 0 saturated heterocycles. The summed E-state index contributed by atoms with van der Waals surface area (Å²) in [7, 11) is 0. The van der Waals surface area contributed by atoms with Crippen LogP contribution in [-0.4, -0.2) is 27.0 Å². The number of phenolic OH excluding ortho intramolecular Hbond substituents is 1. The van der Waals surface area contributed by atoms with Gasteiger partial charge in [-0.05, 0) is 105 Å². The lowest BCUT2D eigenvalue weighted by Gasteiger charge is -2.53. The summed E-state index contributed by atoms with van der Waals surface area (Å²) in [5.41, 5.74) is 2.13. The molecule has 0 aliphatic heterocycles. The molecule has 3 aliphatic carbocycles. The van der Waals surface area contributed by atoms with E-state index < -0.39 is 5.60 Å². The molecule has 0 heterocycles. The van der Waals surface area contributed by atoms with Crippen LogP contribution in [0.4, 0.5) is 0 Å². The number of aryl methyl sites for hydroxylation is 1. The number of hydrogen-bond acceptors (Lipinski definition) is 3. The number of aliphatic hydroxyl groups excluding tert-OH is 1. The van der Waals surface area contributed by atoms with Crippen molar-refractivity contribution in [3.63, 3.8) is 0 Å². The Kier molecular flexibility index (Phi) is 4.16. The molecule has 0 bridgehead atoms. The molecule has 0 amide bonds. The van der Waals surface area contributed by atoms with Crippen molar-refractivity contribution in [1.82, 2.24) is 0 Å². The molecule has 1 aromatic carbocycles. The molecule has 0 radical (unpaired) electrons. The SMILES string of the molecule is CC(O)CC[C@@]1(O)CC[C@H]2[C@@H]3CCc4cc(O)ccc4[C@H]3CC[C@@]21C. The molecule has 1 aromatic rings. The summed E-state index contributed by atoms with van der Waals surface area (Å²) in [6.45, 7) is 4.14. The summed E-state index contributed by atoms with van der Waals surface area (Å²) < 4.78 is 0. The molecule has 6 atom stereocenters. The van der Waals surface area contributed by atoms with Gasteiger partial charge in [-0.15, -0.1) is 0 Å². The van der Waals surface area contributed by atoms with Gasteiger partial charge in [0.2, 0.25) is 0 Å². The maximum Gasteiger partial charge on any atom is 0.115 e. The zero-order valence-corrected chi connectivity index (χ0v) is 15.5. The second kappa shape index (κ2) is 5.99. The highest BCUT2D eigenvalue weighted by Gasteiger charge is 2.61. The lowest BCUT2D eigenvalue weighted by Crippen LogP contribution is -2.51. The topological polar surface area (TPSA) is 60.7 Å². The van der Waals surface area contributed by atoms with Crippen molar-refractivity contribution in [3.05, 3.63) is 29.3 Å². The lowest BCUT2D eigenvalue weighted by molar-refractivity contribution is -0.111. The van der Waals surface area contributed by atoms with E-state index in [2.05, 4.69) is 13.0 Å². The summed E-state index contributed by atoms with van der Waals surface area (Å²) in [6.07, 6.45) is 7.49. The Morgan fingerprint density at radius 1 is 1.20 bits per heavy atom. The Bertz CT molecular complexity index is 655. The number of hydrogen-bond donors (Lipinski definition) is 3. The van der Waals surface area contributed by atoms with Crippen LogP contribution in [0.2, 0.25) is 0 Å². The Balaban J connectivity index is 1.61. The van der Waals surface area contributed by atoms with Gasteiger partial charge in [-0.3, -0.25) is 0 Å². The third-order valence-corrected chi connectivity index (χ3v) is 8.01. The van der Waals surface area contributed by atoms with Crippen LogP contribution in [0.3, 0.4) is 0 Å². The van der Waals surface area contributed by atoms with Crippen LogP contribution >= 0.6 is 0 Å². The van der Waals surface area contributed by atoms with Gasteiger partial charge in [0.25, 0.3) is 0 Å². The summed E-state index contributed by atoms with van der Waals surface area (Å²) in [5, 5.41) is 31.0. The predicted octanol–water partition coefficient (Wildman–Crippen LogP) is 4.14. The molecule has 4 rings (SSSR count). The molecule has 2 fully saturated rings. The molecule has 0 spiro atoms. The molecule has 3 aliphatic rings. The molecular formula is C22H32O3. The Hall–Kier alpha value is -1.06. The smallest absolute Gasteiger partial charge is 0.115 e. The van der Waals surface area contributed by atoms with Gasteiger partial charge in [0.05, 0.1) is 11.7 Å². The largest absolute Gasteiger partial charge is 0.508 e. The van der Waals surface area contributed by atoms with Crippen molar-refractivity contribution < 1.29 is 15.3 Å². The predicted molar refractivity (Wildman–Crippen MR) is 98.6 cm³/mol. The average Bonchev–Trinajstić information content (AvgIpc) is 2.84. The average molecular weight is 344 g/mol. The zero-order valence-electron chi connectivity index (χ0n) is 15.5. The standard InChI is InChI=1S/C22H32O3/c1-14(23)7-11-22(25)12-9-20-19-5-3-15-13-16(24)4-6-17(15)18(19)8-10-21(20,22)2/h4,6,13-14,18-20,23-25H,3,5,7-12H2,1-2H3/t14?,18-,19-,20+,21+,22-/m1/s1. The van der Waals surface area contributed by atoms with Crippen LogP contribution in [0.1, 0.15) is 75.8 Å². The first-order chi connectivity index (χ1) is 11.8. The second-order valence-electron chi connectivity index (χ2n) is 9.21. The maximum atomic E-state index is 11.5. The van der Waals surface area contributed by atoms with Crippen LogP contribution in [0, 0.1) is 17.3 Å². The van der Waals surface area contributed by atoms with E-state index >= 15 is 0 Å². The van der Waals surface area contributed by atoms with Crippen molar-refractivity contribution in [2.75, 3.05) is 0 Å². The van der Waals surface area contributed by atoms with Gasteiger partial charge in [-0.2, -0.15) is 0 Å². The fraction of sp³-hybridized carbons (Fsp3) is 0.727. The normalized spacial score (nSPS) is 40.9. The van der Waals surface area contributed by atoms with E-state index in [0.29, 0.717) is 29.9 Å². The highest BCUT2D eigenvalue weighted by atomic mass is 16.3. The van der Waals surface area contributed by atoms with Crippen molar-refractivity contribution in [3.8, 4) is 5.75 Å². The van der Waals surface area contributed by atoms with Crippen molar-refractivity contribution in [1.29, 1.82) is 0 Å². The number of benzene rings is 1. The molecule has 138 valence electrons. The van der Waals surface area contributed by atoms with Gasteiger partial charge in [-0.25, -0.2) is 0 Å². The van der Waals surface area contributed by atoms with E-state index in [4.69, 9.17) is 0 Å². The molecule has 3 nitrogen and oxygen atoms in total. The third-order valence-electron chi connectivity index (χ3n) is 8.01. The first-order valence-electron chi connectivity index (χ1n) is 10.1. The minimum atomic E-state index is -0.616. The van der Waals surface area contributed by atoms with Gasteiger partial charge in [0.15, 0.2) is 0 Å². The summed E-state index contributed by atoms with van der Waals surface area (Å²) in [4.78, 5) is 0. The van der Waals surface area contributed by atoms with Gasteiger partial charge in [0, 0.05) is 0 Å². The van der Waals surface area contributed by atoms with Crippen LogP contribution in [0.25, 0.3) is 0 Å². The number of aromatic hydroxyl groups is 1. The fourth-order valence-electron chi connectivity index (χ4n) is 6.54. The van der Waals surface area contributed by atoms with Crippen LogP contribution in [-0.2, 0) is 6.42 Å².